The van der Waals surface area contributed by atoms with E-state index in [1.165, 1.54) is 4.31 Å². The van der Waals surface area contributed by atoms with E-state index >= 15 is 0 Å². The summed E-state index contributed by atoms with van der Waals surface area (Å²) in [4.78, 5) is 12.6. The van der Waals surface area contributed by atoms with Gasteiger partial charge in [-0.1, -0.05) is 59.6 Å². The first kappa shape index (κ1) is 25.3. The number of benzene rings is 3. The van der Waals surface area contributed by atoms with Crippen LogP contribution in [0.25, 0.3) is 0 Å². The largest absolute Gasteiger partial charge is 0.460 e. The number of esters is 1. The summed E-state index contributed by atoms with van der Waals surface area (Å²) < 4.78 is 40.6. The predicted octanol–water partition coefficient (Wildman–Crippen LogP) is 5.09. The number of sulfonamides is 1. The molecule has 0 amide bonds. The average Bonchev–Trinajstić information content (AvgIpc) is 2.88. The van der Waals surface area contributed by atoms with Gasteiger partial charge in [-0.25, -0.2) is 13.2 Å². The molecule has 2 aliphatic heterocycles. The van der Waals surface area contributed by atoms with Crippen LogP contribution in [0.4, 0.5) is 5.69 Å². The molecule has 2 aliphatic rings. The number of aryl methyl sites for hydroxylation is 1. The third kappa shape index (κ3) is 4.50. The maximum atomic E-state index is 14.2. The first-order valence-electron chi connectivity index (χ1n) is 11.9. The number of hydrogen-bond donors (Lipinski definition) is 1. The van der Waals surface area contributed by atoms with Crippen LogP contribution in [0.1, 0.15) is 35.6 Å². The number of carbonyl (C=O) groups is 1. The van der Waals surface area contributed by atoms with Gasteiger partial charge < -0.3 is 14.6 Å². The lowest BCUT2D eigenvalue weighted by molar-refractivity contribution is -0.161. The SMILES string of the molecule is CCOC(=O)C1=C[C@@H]2c3ccccc3N(S(=O)(=O)c3ccc(C)cc3)[C@H](c3ccc(Cl)cc3)[C@H]2[C@@H](O)O1. The highest BCUT2D eigenvalue weighted by Gasteiger charge is 2.52. The van der Waals surface area contributed by atoms with Crippen molar-refractivity contribution in [1.29, 1.82) is 0 Å². The first-order valence-corrected chi connectivity index (χ1v) is 13.7. The van der Waals surface area contributed by atoms with Gasteiger partial charge in [0.05, 0.1) is 29.1 Å². The van der Waals surface area contributed by atoms with E-state index in [0.29, 0.717) is 21.8 Å². The standard InChI is InChI=1S/C28H26ClNO6S/c1-3-35-27(31)24-16-22-21-6-4-5-7-23(21)30(37(33,34)20-14-8-17(2)9-15-20)26(25(22)28(32)36-24)18-10-12-19(29)13-11-18/h4-16,22,25-26,28,32H,3H2,1-2H3/t22-,25+,26-,28+/m1/s1. The summed E-state index contributed by atoms with van der Waals surface area (Å²) >= 11 is 6.15. The van der Waals surface area contributed by atoms with E-state index in [2.05, 4.69) is 0 Å². The molecule has 0 saturated heterocycles. The molecule has 5 rings (SSSR count). The second kappa shape index (κ2) is 9.85. The Labute approximate surface area is 221 Å². The monoisotopic (exact) mass is 539 g/mol. The van der Waals surface area contributed by atoms with E-state index in [1.807, 2.05) is 6.92 Å². The van der Waals surface area contributed by atoms with Crippen molar-refractivity contribution in [2.45, 2.75) is 37.0 Å². The first-order chi connectivity index (χ1) is 17.7. The molecule has 7 nitrogen and oxygen atoms in total. The summed E-state index contributed by atoms with van der Waals surface area (Å²) in [6.07, 6.45) is 0.131. The Morgan fingerprint density at radius 2 is 1.73 bits per heavy atom. The number of para-hydroxylation sites is 1. The van der Waals surface area contributed by atoms with E-state index in [0.717, 1.165) is 5.56 Å². The number of nitrogens with zero attached hydrogens (tertiary/aromatic N) is 1. The fraction of sp³-hybridized carbons (Fsp3) is 0.250. The molecule has 9 heteroatoms. The van der Waals surface area contributed by atoms with Crippen LogP contribution in [0.5, 0.6) is 0 Å². The normalized spacial score (nSPS) is 22.8. The predicted molar refractivity (Wildman–Crippen MR) is 140 cm³/mol. The fourth-order valence-electron chi connectivity index (χ4n) is 5.06. The zero-order chi connectivity index (χ0) is 26.3. The van der Waals surface area contributed by atoms with E-state index in [4.69, 9.17) is 21.1 Å². The fourth-order valence-corrected chi connectivity index (χ4v) is 6.88. The highest BCUT2D eigenvalue weighted by Crippen LogP contribution is 2.54. The van der Waals surface area contributed by atoms with Crippen molar-refractivity contribution in [2.75, 3.05) is 10.9 Å². The molecule has 0 spiro atoms. The lowest BCUT2D eigenvalue weighted by Crippen LogP contribution is -2.50. The molecule has 37 heavy (non-hydrogen) atoms. The Morgan fingerprint density at radius 1 is 1.05 bits per heavy atom. The second-order valence-corrected chi connectivity index (χ2v) is 11.3. The zero-order valence-corrected chi connectivity index (χ0v) is 21.8. The quantitative estimate of drug-likeness (QED) is 0.454. The number of halogens is 1. The third-order valence-electron chi connectivity index (χ3n) is 6.74. The highest BCUT2D eigenvalue weighted by atomic mass is 35.5. The molecule has 0 saturated carbocycles. The minimum Gasteiger partial charge on any atom is -0.460 e. The Morgan fingerprint density at radius 3 is 2.41 bits per heavy atom. The molecule has 0 aliphatic carbocycles. The van der Waals surface area contributed by atoms with Crippen molar-refractivity contribution in [3.63, 3.8) is 0 Å². The molecule has 0 radical (unpaired) electrons. The summed E-state index contributed by atoms with van der Waals surface area (Å²) in [5.74, 6) is -2.08. The Balaban J connectivity index is 1.76. The Hall–Kier alpha value is -3.33. The maximum absolute atomic E-state index is 14.2. The number of rotatable bonds is 5. The lowest BCUT2D eigenvalue weighted by Gasteiger charge is -2.48. The van der Waals surface area contributed by atoms with E-state index in [-0.39, 0.29) is 17.3 Å². The van der Waals surface area contributed by atoms with Crippen molar-refractivity contribution < 1.29 is 27.8 Å². The molecule has 0 bridgehead atoms. The van der Waals surface area contributed by atoms with Gasteiger partial charge in [0, 0.05) is 10.9 Å². The van der Waals surface area contributed by atoms with Crippen LogP contribution >= 0.6 is 11.6 Å². The summed E-state index contributed by atoms with van der Waals surface area (Å²) in [6.45, 7) is 3.72. The van der Waals surface area contributed by atoms with E-state index in [1.54, 1.807) is 85.8 Å². The topological polar surface area (TPSA) is 93.1 Å². The molecule has 192 valence electrons. The van der Waals surface area contributed by atoms with Gasteiger partial charge in [0.1, 0.15) is 0 Å². The summed E-state index contributed by atoms with van der Waals surface area (Å²) in [7, 11) is -4.09. The molecular formula is C28H26ClNO6S. The smallest absolute Gasteiger partial charge is 0.373 e. The van der Waals surface area contributed by atoms with Crippen molar-refractivity contribution in [3.8, 4) is 0 Å². The van der Waals surface area contributed by atoms with Crippen molar-refractivity contribution in [1.82, 2.24) is 0 Å². The van der Waals surface area contributed by atoms with Gasteiger partial charge in [-0.3, -0.25) is 4.31 Å². The van der Waals surface area contributed by atoms with Gasteiger partial charge in [-0.05, 0) is 61.4 Å². The van der Waals surface area contributed by atoms with Gasteiger partial charge in [0.25, 0.3) is 10.0 Å². The van der Waals surface area contributed by atoms with Gasteiger partial charge >= 0.3 is 5.97 Å². The third-order valence-corrected chi connectivity index (χ3v) is 8.80. The minimum atomic E-state index is -4.09. The van der Waals surface area contributed by atoms with Gasteiger partial charge in [0.15, 0.2) is 0 Å². The number of carbonyl (C=O) groups excluding carboxylic acids is 1. The van der Waals surface area contributed by atoms with Crippen molar-refractivity contribution in [3.05, 3.63) is 106 Å². The van der Waals surface area contributed by atoms with Crippen LogP contribution in [0.15, 0.2) is 89.5 Å². The summed E-state index contributed by atoms with van der Waals surface area (Å²) in [5, 5.41) is 11.8. The molecule has 3 aromatic rings. The summed E-state index contributed by atoms with van der Waals surface area (Å²) in [6, 6.07) is 19.7. The van der Waals surface area contributed by atoms with Crippen LogP contribution in [0.3, 0.4) is 0 Å². The second-order valence-electron chi connectivity index (χ2n) is 9.03. The molecule has 0 fully saturated rings. The zero-order valence-electron chi connectivity index (χ0n) is 20.2. The molecule has 0 unspecified atom stereocenters. The molecule has 4 atom stereocenters. The number of hydrogen-bond acceptors (Lipinski definition) is 6. The molecule has 0 aromatic heterocycles. The summed E-state index contributed by atoms with van der Waals surface area (Å²) in [5.41, 5.74) is 2.66. The van der Waals surface area contributed by atoms with Gasteiger partial charge in [-0.2, -0.15) is 0 Å². The van der Waals surface area contributed by atoms with Crippen molar-refractivity contribution >= 4 is 33.3 Å². The Bertz CT molecular complexity index is 1450. The number of aliphatic hydroxyl groups is 1. The average molecular weight is 540 g/mol. The van der Waals surface area contributed by atoms with Crippen LogP contribution < -0.4 is 4.31 Å². The molecule has 3 aromatic carbocycles. The van der Waals surface area contributed by atoms with E-state index in [9.17, 15) is 18.3 Å². The van der Waals surface area contributed by atoms with Crippen LogP contribution in [0, 0.1) is 12.8 Å². The minimum absolute atomic E-state index is 0.102. The molecular weight excluding hydrogens is 514 g/mol. The molecule has 1 N–H and O–H groups in total. The number of anilines is 1. The highest BCUT2D eigenvalue weighted by molar-refractivity contribution is 7.92. The van der Waals surface area contributed by atoms with Crippen LogP contribution in [0.2, 0.25) is 5.02 Å². The van der Waals surface area contributed by atoms with Gasteiger partial charge in [-0.15, -0.1) is 0 Å². The maximum Gasteiger partial charge on any atom is 0.373 e. The lowest BCUT2D eigenvalue weighted by atomic mass is 9.73. The van der Waals surface area contributed by atoms with Crippen LogP contribution in [-0.2, 0) is 24.3 Å². The number of aliphatic hydroxyl groups excluding tert-OH is 1. The molecule has 2 heterocycles. The number of allylic oxidation sites excluding steroid dienone is 1. The van der Waals surface area contributed by atoms with Gasteiger partial charge in [0.2, 0.25) is 12.0 Å². The van der Waals surface area contributed by atoms with Crippen LogP contribution in [-0.4, -0.2) is 32.4 Å². The number of ether oxygens (including phenoxy) is 2. The van der Waals surface area contributed by atoms with Crippen molar-refractivity contribution in [2.24, 2.45) is 5.92 Å². The van der Waals surface area contributed by atoms with E-state index < -0.39 is 40.2 Å². The Kier molecular flexibility index (Phi) is 6.74. The number of fused-ring (bicyclic) bond motifs is 3.